The van der Waals surface area contributed by atoms with Gasteiger partial charge in [0.25, 0.3) is 0 Å². The van der Waals surface area contributed by atoms with E-state index in [-0.39, 0.29) is 17.9 Å². The molecule has 1 unspecified atom stereocenters. The summed E-state index contributed by atoms with van der Waals surface area (Å²) in [4.78, 5) is 20.1. The van der Waals surface area contributed by atoms with Gasteiger partial charge in [0.2, 0.25) is 5.91 Å². The van der Waals surface area contributed by atoms with Gasteiger partial charge < -0.3 is 9.74 Å². The van der Waals surface area contributed by atoms with Crippen molar-refractivity contribution in [1.29, 1.82) is 0 Å². The van der Waals surface area contributed by atoms with Gasteiger partial charge in [-0.2, -0.15) is 0 Å². The van der Waals surface area contributed by atoms with Gasteiger partial charge in [0.15, 0.2) is 6.10 Å². The van der Waals surface area contributed by atoms with Crippen molar-refractivity contribution in [3.8, 4) is 0 Å². The van der Waals surface area contributed by atoms with E-state index in [4.69, 9.17) is 16.4 Å². The number of oxime groups is 1. The zero-order chi connectivity index (χ0) is 18.5. The molecular formula is C21H23ClN2O2. The van der Waals surface area contributed by atoms with Crippen molar-refractivity contribution < 1.29 is 9.63 Å². The van der Waals surface area contributed by atoms with E-state index in [1.165, 1.54) is 0 Å². The second-order valence-corrected chi connectivity index (χ2v) is 7.28. The van der Waals surface area contributed by atoms with Crippen LogP contribution >= 0.6 is 11.6 Å². The minimum Gasteiger partial charge on any atom is -0.390 e. The molecule has 0 saturated heterocycles. The minimum absolute atomic E-state index is 0.0786. The van der Waals surface area contributed by atoms with E-state index >= 15 is 0 Å². The molecule has 1 heterocycles. The maximum atomic E-state index is 12.7. The monoisotopic (exact) mass is 370 g/mol. The summed E-state index contributed by atoms with van der Waals surface area (Å²) >= 11 is 6.08. The lowest BCUT2D eigenvalue weighted by Crippen LogP contribution is -2.39. The highest BCUT2D eigenvalue weighted by Gasteiger charge is 2.27. The van der Waals surface area contributed by atoms with Crippen molar-refractivity contribution in [2.24, 2.45) is 11.1 Å². The molecule has 5 heteroatoms. The fourth-order valence-corrected chi connectivity index (χ4v) is 3.24. The van der Waals surface area contributed by atoms with Crippen LogP contribution < -0.4 is 0 Å². The predicted octanol–water partition coefficient (Wildman–Crippen LogP) is 4.52. The molecule has 0 bridgehead atoms. The first-order valence-electron chi connectivity index (χ1n) is 8.84. The Bertz CT molecular complexity index is 790. The molecule has 1 atom stereocenters. The normalized spacial score (nSPS) is 16.3. The van der Waals surface area contributed by atoms with E-state index in [1.807, 2.05) is 73.3 Å². The minimum atomic E-state index is -0.132. The molecule has 0 aromatic heterocycles. The third-order valence-electron chi connectivity index (χ3n) is 4.33. The van der Waals surface area contributed by atoms with Gasteiger partial charge in [-0.3, -0.25) is 4.79 Å². The highest BCUT2D eigenvalue weighted by molar-refractivity contribution is 6.30. The summed E-state index contributed by atoms with van der Waals surface area (Å²) in [5.41, 5.74) is 3.00. The van der Waals surface area contributed by atoms with E-state index in [1.54, 1.807) is 0 Å². The van der Waals surface area contributed by atoms with Crippen molar-refractivity contribution in [2.45, 2.75) is 32.9 Å². The lowest BCUT2D eigenvalue weighted by atomic mass is 10.0. The summed E-state index contributed by atoms with van der Waals surface area (Å²) in [6.45, 7) is 4.84. The lowest BCUT2D eigenvalue weighted by molar-refractivity contribution is -0.136. The Balaban J connectivity index is 1.68. The molecule has 3 rings (SSSR count). The molecule has 0 N–H and O–H groups in total. The van der Waals surface area contributed by atoms with Crippen LogP contribution in [-0.4, -0.2) is 29.2 Å². The van der Waals surface area contributed by atoms with Crippen LogP contribution in [0.15, 0.2) is 59.8 Å². The van der Waals surface area contributed by atoms with Crippen LogP contribution in [0.5, 0.6) is 0 Å². The van der Waals surface area contributed by atoms with Gasteiger partial charge in [-0.25, -0.2) is 0 Å². The topological polar surface area (TPSA) is 41.9 Å². The smallest absolute Gasteiger partial charge is 0.225 e. The Morgan fingerprint density at radius 3 is 2.69 bits per heavy atom. The summed E-state index contributed by atoms with van der Waals surface area (Å²) < 4.78 is 0. The molecule has 1 aliphatic heterocycles. The zero-order valence-electron chi connectivity index (χ0n) is 15.1. The molecule has 136 valence electrons. The third-order valence-corrected chi connectivity index (χ3v) is 4.57. The van der Waals surface area contributed by atoms with Crippen molar-refractivity contribution in [3.05, 3.63) is 70.7 Å². The predicted molar refractivity (Wildman–Crippen MR) is 104 cm³/mol. The van der Waals surface area contributed by atoms with Gasteiger partial charge in [-0.15, -0.1) is 0 Å². The number of hydrogen-bond acceptors (Lipinski definition) is 3. The quantitative estimate of drug-likeness (QED) is 0.750. The van der Waals surface area contributed by atoms with E-state index in [0.29, 0.717) is 24.5 Å². The van der Waals surface area contributed by atoms with Crippen LogP contribution in [0, 0.1) is 5.92 Å². The van der Waals surface area contributed by atoms with Crippen molar-refractivity contribution >= 4 is 23.2 Å². The SMILES string of the molecule is CC(C)C(=O)N(Cc1cccc(Cl)c1)CC1CC(c2ccccc2)=NO1. The van der Waals surface area contributed by atoms with Crippen LogP contribution in [0.1, 0.15) is 31.4 Å². The summed E-state index contributed by atoms with van der Waals surface area (Å²) in [5, 5.41) is 4.90. The van der Waals surface area contributed by atoms with Crippen molar-refractivity contribution in [1.82, 2.24) is 4.90 Å². The van der Waals surface area contributed by atoms with Crippen molar-refractivity contribution in [2.75, 3.05) is 6.54 Å². The van der Waals surface area contributed by atoms with Crippen LogP contribution in [0.25, 0.3) is 0 Å². The second kappa shape index (κ2) is 8.37. The van der Waals surface area contributed by atoms with Gasteiger partial charge in [-0.1, -0.05) is 73.1 Å². The highest BCUT2D eigenvalue weighted by atomic mass is 35.5. The van der Waals surface area contributed by atoms with Crippen LogP contribution in [0.3, 0.4) is 0 Å². The molecule has 0 fully saturated rings. The summed E-state index contributed by atoms with van der Waals surface area (Å²) in [6, 6.07) is 17.6. The number of nitrogens with zero attached hydrogens (tertiary/aromatic N) is 2. The molecule has 26 heavy (non-hydrogen) atoms. The number of rotatable bonds is 6. The molecule has 2 aromatic carbocycles. The number of hydrogen-bond donors (Lipinski definition) is 0. The Morgan fingerprint density at radius 1 is 1.23 bits per heavy atom. The average Bonchev–Trinajstić information content (AvgIpc) is 3.10. The summed E-state index contributed by atoms with van der Waals surface area (Å²) in [7, 11) is 0. The summed E-state index contributed by atoms with van der Waals surface area (Å²) in [5.74, 6) is 0.0202. The molecule has 1 aliphatic rings. The number of carbonyl (C=O) groups is 1. The molecule has 0 radical (unpaired) electrons. The van der Waals surface area contributed by atoms with Crippen LogP contribution in [0.2, 0.25) is 5.02 Å². The first kappa shape index (κ1) is 18.5. The van der Waals surface area contributed by atoms with E-state index in [9.17, 15) is 4.79 Å². The molecule has 0 saturated carbocycles. The Morgan fingerprint density at radius 2 is 2.00 bits per heavy atom. The molecule has 0 spiro atoms. The Kier molecular flexibility index (Phi) is 5.94. The molecular weight excluding hydrogens is 348 g/mol. The van der Waals surface area contributed by atoms with Crippen LogP contribution in [-0.2, 0) is 16.2 Å². The highest BCUT2D eigenvalue weighted by Crippen LogP contribution is 2.20. The van der Waals surface area contributed by atoms with Crippen molar-refractivity contribution in [3.63, 3.8) is 0 Å². The third kappa shape index (κ3) is 4.64. The first-order chi connectivity index (χ1) is 12.5. The van der Waals surface area contributed by atoms with Gasteiger partial charge in [0, 0.05) is 23.9 Å². The first-order valence-corrected chi connectivity index (χ1v) is 9.22. The van der Waals surface area contributed by atoms with E-state index < -0.39 is 0 Å². The van der Waals surface area contributed by atoms with E-state index in [2.05, 4.69) is 5.16 Å². The maximum absolute atomic E-state index is 12.7. The molecule has 4 nitrogen and oxygen atoms in total. The largest absolute Gasteiger partial charge is 0.390 e. The second-order valence-electron chi connectivity index (χ2n) is 6.84. The summed E-state index contributed by atoms with van der Waals surface area (Å²) in [6.07, 6.45) is 0.564. The number of benzene rings is 2. The lowest BCUT2D eigenvalue weighted by Gasteiger charge is -2.26. The Labute approximate surface area is 159 Å². The molecule has 0 aliphatic carbocycles. The number of carbonyl (C=O) groups excluding carboxylic acids is 1. The van der Waals surface area contributed by atoms with Crippen LogP contribution in [0.4, 0.5) is 0 Å². The zero-order valence-corrected chi connectivity index (χ0v) is 15.8. The van der Waals surface area contributed by atoms with Gasteiger partial charge in [0.05, 0.1) is 12.3 Å². The van der Waals surface area contributed by atoms with Gasteiger partial charge in [0.1, 0.15) is 0 Å². The molecule has 1 amide bonds. The fraction of sp³-hybridized carbons (Fsp3) is 0.333. The average molecular weight is 371 g/mol. The number of amides is 1. The fourth-order valence-electron chi connectivity index (χ4n) is 3.03. The van der Waals surface area contributed by atoms with E-state index in [0.717, 1.165) is 16.8 Å². The molecule has 2 aromatic rings. The maximum Gasteiger partial charge on any atom is 0.225 e. The van der Waals surface area contributed by atoms with Gasteiger partial charge >= 0.3 is 0 Å². The van der Waals surface area contributed by atoms with Gasteiger partial charge in [-0.05, 0) is 23.3 Å². The number of halogens is 1. The Hall–Kier alpha value is -2.33. The standard InChI is InChI=1S/C21H23ClN2O2/c1-15(2)21(25)24(13-16-7-6-10-18(22)11-16)14-19-12-20(23-26-19)17-8-4-3-5-9-17/h3-11,15,19H,12-14H2,1-2H3.